The van der Waals surface area contributed by atoms with E-state index in [1.807, 2.05) is 67.5 Å². The highest BCUT2D eigenvalue weighted by Crippen LogP contribution is 2.22. The summed E-state index contributed by atoms with van der Waals surface area (Å²) in [6.45, 7) is 1.50. The van der Waals surface area contributed by atoms with E-state index >= 15 is 0 Å². The van der Waals surface area contributed by atoms with Crippen LogP contribution >= 0.6 is 0 Å². The molecule has 0 spiro atoms. The molecule has 1 N–H and O–H groups in total. The summed E-state index contributed by atoms with van der Waals surface area (Å²) in [5.74, 6) is -0.119. The Bertz CT molecular complexity index is 822. The van der Waals surface area contributed by atoms with E-state index in [4.69, 9.17) is 0 Å². The Morgan fingerprint density at radius 1 is 1.13 bits per heavy atom. The van der Waals surface area contributed by atoms with Crippen LogP contribution in [-0.4, -0.2) is 35.0 Å². The molecule has 0 fully saturated rings. The average molecular weight is 309 g/mol. The molecule has 0 saturated carbocycles. The van der Waals surface area contributed by atoms with Gasteiger partial charge in [0.05, 0.1) is 5.52 Å². The molecule has 1 aromatic heterocycles. The molecule has 2 aromatic carbocycles. The van der Waals surface area contributed by atoms with Crippen LogP contribution in [0.3, 0.4) is 0 Å². The smallest absolute Gasteiger partial charge is 0.218 e. The Labute approximate surface area is 134 Å². The summed E-state index contributed by atoms with van der Waals surface area (Å²) in [5.41, 5.74) is 3.72. The van der Waals surface area contributed by atoms with Crippen molar-refractivity contribution in [1.29, 1.82) is 0 Å². The van der Waals surface area contributed by atoms with E-state index in [2.05, 4.69) is 15.6 Å². The van der Waals surface area contributed by atoms with Crippen LogP contribution in [-0.2, 0) is 4.79 Å². The number of carbonyl (C=O) groups excluding carboxylic acids is 1. The second kappa shape index (κ2) is 6.08. The summed E-state index contributed by atoms with van der Waals surface area (Å²) in [4.78, 5) is 13.7. The Morgan fingerprint density at radius 2 is 1.83 bits per heavy atom. The average Bonchev–Trinajstić information content (AvgIpc) is 2.96. The minimum atomic E-state index is -0.392. The van der Waals surface area contributed by atoms with Gasteiger partial charge >= 0.3 is 0 Å². The number of fused-ring (bicyclic) bond motifs is 1. The van der Waals surface area contributed by atoms with E-state index in [-0.39, 0.29) is 5.91 Å². The van der Waals surface area contributed by atoms with Crippen molar-refractivity contribution < 1.29 is 4.79 Å². The van der Waals surface area contributed by atoms with Crippen molar-refractivity contribution in [2.24, 2.45) is 0 Å². The summed E-state index contributed by atoms with van der Waals surface area (Å²) in [7, 11) is 3.98. The molecule has 0 aliphatic carbocycles. The molecule has 0 aliphatic rings. The van der Waals surface area contributed by atoms with Gasteiger partial charge in [0.1, 0.15) is 5.52 Å². The lowest BCUT2D eigenvalue weighted by Crippen LogP contribution is -2.32. The molecule has 23 heavy (non-hydrogen) atoms. The molecule has 6 nitrogen and oxygen atoms in total. The van der Waals surface area contributed by atoms with Gasteiger partial charge in [0.2, 0.25) is 5.91 Å². The second-order valence-electron chi connectivity index (χ2n) is 5.61. The predicted octanol–water partition coefficient (Wildman–Crippen LogP) is 2.18. The van der Waals surface area contributed by atoms with Crippen LogP contribution in [0.25, 0.3) is 11.0 Å². The lowest BCUT2D eigenvalue weighted by atomic mass is 10.1. The first-order valence-corrected chi connectivity index (χ1v) is 7.40. The number of nitrogens with zero attached hydrogens (tertiary/aromatic N) is 4. The molecule has 0 saturated heterocycles. The van der Waals surface area contributed by atoms with Gasteiger partial charge in [-0.2, -0.15) is 0 Å². The highest BCUT2D eigenvalue weighted by atomic mass is 16.1. The van der Waals surface area contributed by atoms with Crippen LogP contribution in [0.15, 0.2) is 48.5 Å². The van der Waals surface area contributed by atoms with E-state index in [1.54, 1.807) is 4.68 Å². The molecule has 0 aliphatic heterocycles. The standard InChI is InChI=1S/C17H19N5O/c1-12(23)18-17(13-8-10-14(11-9-13)21(2)3)22-16-7-5-4-6-15(16)19-20-22/h4-11,17H,1-3H3,(H,18,23). The van der Waals surface area contributed by atoms with Crippen LogP contribution in [0, 0.1) is 0 Å². The van der Waals surface area contributed by atoms with Crippen molar-refractivity contribution in [2.75, 3.05) is 19.0 Å². The molecule has 1 atom stereocenters. The fourth-order valence-corrected chi connectivity index (χ4v) is 2.51. The zero-order valence-corrected chi connectivity index (χ0v) is 13.4. The Balaban J connectivity index is 2.05. The van der Waals surface area contributed by atoms with E-state index in [0.717, 1.165) is 22.3 Å². The Morgan fingerprint density at radius 3 is 2.48 bits per heavy atom. The SMILES string of the molecule is CC(=O)NC(c1ccc(N(C)C)cc1)n1nnc2ccccc21. The molecular formula is C17H19N5O. The fourth-order valence-electron chi connectivity index (χ4n) is 2.51. The molecule has 6 heteroatoms. The molecule has 118 valence electrons. The highest BCUT2D eigenvalue weighted by molar-refractivity contribution is 5.76. The first-order valence-electron chi connectivity index (χ1n) is 7.40. The maximum Gasteiger partial charge on any atom is 0.218 e. The number of benzene rings is 2. The number of carbonyl (C=O) groups is 1. The van der Waals surface area contributed by atoms with Crippen molar-refractivity contribution in [3.63, 3.8) is 0 Å². The van der Waals surface area contributed by atoms with Gasteiger partial charge < -0.3 is 10.2 Å². The molecule has 3 rings (SSSR count). The fraction of sp³-hybridized carbons (Fsp3) is 0.235. The summed E-state index contributed by atoms with van der Waals surface area (Å²) in [6.07, 6.45) is -0.392. The molecule has 1 unspecified atom stereocenters. The van der Waals surface area contributed by atoms with Crippen molar-refractivity contribution in [2.45, 2.75) is 13.1 Å². The lowest BCUT2D eigenvalue weighted by molar-refractivity contribution is -0.119. The zero-order chi connectivity index (χ0) is 16.4. The van der Waals surface area contributed by atoms with Crippen LogP contribution in [0.4, 0.5) is 5.69 Å². The third kappa shape index (κ3) is 3.01. The number of hydrogen-bond donors (Lipinski definition) is 1. The van der Waals surface area contributed by atoms with Gasteiger partial charge in [0.15, 0.2) is 6.17 Å². The summed E-state index contributed by atoms with van der Waals surface area (Å²) >= 11 is 0. The van der Waals surface area contributed by atoms with Gasteiger partial charge in [0, 0.05) is 26.7 Å². The number of aromatic nitrogens is 3. The van der Waals surface area contributed by atoms with E-state index in [9.17, 15) is 4.79 Å². The molecule has 0 bridgehead atoms. The van der Waals surface area contributed by atoms with Gasteiger partial charge in [-0.3, -0.25) is 4.79 Å². The van der Waals surface area contributed by atoms with Crippen molar-refractivity contribution in [3.05, 3.63) is 54.1 Å². The molecule has 1 amide bonds. The quantitative estimate of drug-likeness (QED) is 0.802. The van der Waals surface area contributed by atoms with Crippen molar-refractivity contribution in [1.82, 2.24) is 20.3 Å². The van der Waals surface area contributed by atoms with Crippen LogP contribution in [0.5, 0.6) is 0 Å². The third-order valence-corrected chi connectivity index (χ3v) is 3.69. The molecule has 0 radical (unpaired) electrons. The number of rotatable bonds is 4. The number of amides is 1. The largest absolute Gasteiger partial charge is 0.378 e. The minimum absolute atomic E-state index is 0.119. The van der Waals surface area contributed by atoms with E-state index in [1.165, 1.54) is 6.92 Å². The zero-order valence-electron chi connectivity index (χ0n) is 13.4. The van der Waals surface area contributed by atoms with Gasteiger partial charge in [-0.25, -0.2) is 4.68 Å². The molecule has 1 heterocycles. The first kappa shape index (κ1) is 15.0. The first-order chi connectivity index (χ1) is 11.1. The summed E-state index contributed by atoms with van der Waals surface area (Å²) < 4.78 is 1.74. The number of anilines is 1. The van der Waals surface area contributed by atoms with Gasteiger partial charge in [-0.15, -0.1) is 5.10 Å². The van der Waals surface area contributed by atoms with Crippen LogP contribution in [0.2, 0.25) is 0 Å². The van der Waals surface area contributed by atoms with Crippen molar-refractivity contribution >= 4 is 22.6 Å². The van der Waals surface area contributed by atoms with E-state index in [0.29, 0.717) is 0 Å². The monoisotopic (exact) mass is 309 g/mol. The molecular weight excluding hydrogens is 290 g/mol. The van der Waals surface area contributed by atoms with Gasteiger partial charge in [-0.05, 0) is 29.8 Å². The number of para-hydroxylation sites is 1. The van der Waals surface area contributed by atoms with Crippen LogP contribution < -0.4 is 10.2 Å². The normalized spacial score (nSPS) is 12.1. The van der Waals surface area contributed by atoms with Crippen molar-refractivity contribution in [3.8, 4) is 0 Å². The minimum Gasteiger partial charge on any atom is -0.378 e. The second-order valence-corrected chi connectivity index (χ2v) is 5.61. The maximum absolute atomic E-state index is 11.7. The molecule has 3 aromatic rings. The number of nitrogens with one attached hydrogen (secondary N) is 1. The predicted molar refractivity (Wildman–Crippen MR) is 90.3 cm³/mol. The Kier molecular flexibility index (Phi) is 3.97. The third-order valence-electron chi connectivity index (χ3n) is 3.69. The van der Waals surface area contributed by atoms with Gasteiger partial charge in [0.25, 0.3) is 0 Å². The Hall–Kier alpha value is -2.89. The lowest BCUT2D eigenvalue weighted by Gasteiger charge is -2.20. The maximum atomic E-state index is 11.7. The summed E-state index contributed by atoms with van der Waals surface area (Å²) in [5, 5.41) is 11.3. The topological polar surface area (TPSA) is 63.1 Å². The number of hydrogen-bond acceptors (Lipinski definition) is 4. The van der Waals surface area contributed by atoms with E-state index < -0.39 is 6.17 Å². The van der Waals surface area contributed by atoms with Gasteiger partial charge in [-0.1, -0.05) is 29.5 Å². The summed E-state index contributed by atoms with van der Waals surface area (Å²) in [6, 6.07) is 15.7. The highest BCUT2D eigenvalue weighted by Gasteiger charge is 2.18. The van der Waals surface area contributed by atoms with Crippen LogP contribution in [0.1, 0.15) is 18.7 Å².